The lowest BCUT2D eigenvalue weighted by molar-refractivity contribution is 0.768. The normalized spacial score (nSPS) is 12.5. The van der Waals surface area contributed by atoms with Gasteiger partial charge in [0.25, 0.3) is 0 Å². The van der Waals surface area contributed by atoms with E-state index in [0.717, 1.165) is 22.7 Å². The van der Waals surface area contributed by atoms with Crippen LogP contribution in [0.15, 0.2) is 303 Å². The van der Waals surface area contributed by atoms with Crippen LogP contribution in [-0.4, -0.2) is 4.57 Å². The molecule has 0 atom stereocenters. The number of fused-ring (bicyclic) bond motifs is 8. The summed E-state index contributed by atoms with van der Waals surface area (Å²) in [6.07, 6.45) is 0. The molecule has 2 heteroatoms. The average Bonchev–Trinajstić information content (AvgIpc) is 4.14. The third kappa shape index (κ3) is 7.18. The quantitative estimate of drug-likeness (QED) is 0.140. The molecule has 1 aliphatic carbocycles. The summed E-state index contributed by atoms with van der Waals surface area (Å²) in [7, 11) is 0. The number of para-hydroxylation sites is 2. The van der Waals surface area contributed by atoms with Crippen molar-refractivity contribution < 1.29 is 0 Å². The van der Waals surface area contributed by atoms with E-state index >= 15 is 0 Å². The van der Waals surface area contributed by atoms with Crippen LogP contribution in [0.4, 0.5) is 17.1 Å². The smallest absolute Gasteiger partial charge is 0.0713 e. The summed E-state index contributed by atoms with van der Waals surface area (Å²) in [6.45, 7) is 0. The summed E-state index contributed by atoms with van der Waals surface area (Å²) >= 11 is 0. The summed E-state index contributed by atoms with van der Waals surface area (Å²) in [4.78, 5) is 2.44. The van der Waals surface area contributed by atoms with E-state index in [0.29, 0.717) is 0 Å². The fraction of sp³-hybridized carbons (Fsp3) is 0.0133. The fourth-order valence-corrected chi connectivity index (χ4v) is 12.8. The molecule has 0 spiro atoms. The van der Waals surface area contributed by atoms with E-state index in [9.17, 15) is 0 Å². The Bertz CT molecular complexity index is 4440. The van der Waals surface area contributed by atoms with Crippen molar-refractivity contribution in [3.8, 4) is 50.2 Å². The number of rotatable bonds is 9. The summed E-state index contributed by atoms with van der Waals surface area (Å²) in [5.41, 5.74) is 21.2. The first-order valence-corrected chi connectivity index (χ1v) is 26.7. The molecule has 2 nitrogen and oxygen atoms in total. The van der Waals surface area contributed by atoms with Gasteiger partial charge in [0.1, 0.15) is 0 Å². The second-order valence-corrected chi connectivity index (χ2v) is 20.4. The van der Waals surface area contributed by atoms with Crippen molar-refractivity contribution in [1.29, 1.82) is 0 Å². The molecule has 360 valence electrons. The first-order chi connectivity index (χ1) is 38.2. The molecule has 15 rings (SSSR count). The van der Waals surface area contributed by atoms with Crippen LogP contribution in [0.3, 0.4) is 0 Å². The van der Waals surface area contributed by atoms with E-state index in [1.807, 2.05) is 0 Å². The number of anilines is 3. The van der Waals surface area contributed by atoms with E-state index in [2.05, 4.69) is 313 Å². The Hall–Kier alpha value is -10.0. The van der Waals surface area contributed by atoms with E-state index in [4.69, 9.17) is 0 Å². The van der Waals surface area contributed by atoms with Crippen LogP contribution < -0.4 is 4.90 Å². The monoisotopic (exact) mass is 978 g/mol. The molecule has 1 aromatic heterocycles. The van der Waals surface area contributed by atoms with Crippen LogP contribution >= 0.6 is 0 Å². The molecule has 13 aromatic carbocycles. The zero-order chi connectivity index (χ0) is 50.9. The number of nitrogens with zero attached hydrogens (tertiary/aromatic N) is 2. The molecule has 0 saturated carbocycles. The maximum atomic E-state index is 2.44. The highest BCUT2D eigenvalue weighted by molar-refractivity contribution is 6.09. The zero-order valence-electron chi connectivity index (χ0n) is 42.3. The van der Waals surface area contributed by atoms with Crippen molar-refractivity contribution in [3.63, 3.8) is 0 Å². The van der Waals surface area contributed by atoms with Gasteiger partial charge >= 0.3 is 0 Å². The average molecular weight is 979 g/mol. The molecule has 0 unspecified atom stereocenters. The molecule has 0 N–H and O–H groups in total. The molecule has 0 bridgehead atoms. The minimum absolute atomic E-state index is 0.484. The van der Waals surface area contributed by atoms with E-state index in [1.165, 1.54) is 110 Å². The summed E-state index contributed by atoms with van der Waals surface area (Å²) in [5.74, 6) is 0. The molecule has 1 heterocycles. The van der Waals surface area contributed by atoms with Gasteiger partial charge in [0.15, 0.2) is 0 Å². The minimum Gasteiger partial charge on any atom is -0.310 e. The van der Waals surface area contributed by atoms with Gasteiger partial charge in [0.2, 0.25) is 0 Å². The standard InChI is InChI=1S/C75H50N2/c1-4-18-52(19-5-1)64-29-16-20-54-21-17-30-65(74(54)64)53-38-43-60(44-39-53)76(63-46-47-71-69(50-63)66-26-10-13-31-70(66)75(71,58-22-6-2-7-23-58)59-24-8-3-9-25-59)62-45-40-56-48-55(34-35-57(56)49-62)51-36-41-61(42-37-51)77-72-32-14-11-27-67(72)68-28-12-15-33-73(68)77/h1-50H. The van der Waals surface area contributed by atoms with Crippen molar-refractivity contribution in [1.82, 2.24) is 4.57 Å². The van der Waals surface area contributed by atoms with Gasteiger partial charge in [-0.3, -0.25) is 0 Å². The zero-order valence-corrected chi connectivity index (χ0v) is 42.3. The molecular weight excluding hydrogens is 929 g/mol. The van der Waals surface area contributed by atoms with Crippen LogP contribution in [0.25, 0.3) is 93.5 Å². The highest BCUT2D eigenvalue weighted by Crippen LogP contribution is 2.57. The van der Waals surface area contributed by atoms with Crippen molar-refractivity contribution in [3.05, 3.63) is 326 Å². The molecule has 77 heavy (non-hydrogen) atoms. The highest BCUT2D eigenvalue weighted by atomic mass is 15.1. The number of benzene rings is 13. The lowest BCUT2D eigenvalue weighted by Gasteiger charge is -2.34. The Balaban J connectivity index is 0.856. The van der Waals surface area contributed by atoms with Gasteiger partial charge in [-0.25, -0.2) is 0 Å². The number of hydrogen-bond acceptors (Lipinski definition) is 1. The van der Waals surface area contributed by atoms with E-state index in [1.54, 1.807) is 0 Å². The minimum atomic E-state index is -0.484. The summed E-state index contributed by atoms with van der Waals surface area (Å²) in [6, 6.07) is 112. The second kappa shape index (κ2) is 18.1. The first kappa shape index (κ1) is 44.5. The molecule has 0 fully saturated rings. The summed E-state index contributed by atoms with van der Waals surface area (Å²) in [5, 5.41) is 7.39. The maximum Gasteiger partial charge on any atom is 0.0713 e. The molecule has 0 radical (unpaired) electrons. The van der Waals surface area contributed by atoms with E-state index in [-0.39, 0.29) is 0 Å². The van der Waals surface area contributed by atoms with Gasteiger partial charge < -0.3 is 9.47 Å². The molecule has 14 aromatic rings. The molecule has 1 aliphatic rings. The number of aromatic nitrogens is 1. The van der Waals surface area contributed by atoms with Crippen LogP contribution in [0.1, 0.15) is 22.3 Å². The van der Waals surface area contributed by atoms with Crippen molar-refractivity contribution >= 4 is 60.4 Å². The van der Waals surface area contributed by atoms with Gasteiger partial charge in [-0.2, -0.15) is 0 Å². The van der Waals surface area contributed by atoms with Gasteiger partial charge in [-0.05, 0) is 155 Å². The van der Waals surface area contributed by atoms with Crippen molar-refractivity contribution in [2.45, 2.75) is 5.41 Å². The predicted octanol–water partition coefficient (Wildman–Crippen LogP) is 19.9. The summed E-state index contributed by atoms with van der Waals surface area (Å²) < 4.78 is 2.38. The fourth-order valence-electron chi connectivity index (χ4n) is 12.8. The third-order valence-corrected chi connectivity index (χ3v) is 16.2. The van der Waals surface area contributed by atoms with Gasteiger partial charge in [0, 0.05) is 33.5 Å². The highest BCUT2D eigenvalue weighted by Gasteiger charge is 2.46. The Morgan fingerprint density at radius 3 is 1.43 bits per heavy atom. The van der Waals surface area contributed by atoms with Crippen LogP contribution in [0.5, 0.6) is 0 Å². The second-order valence-electron chi connectivity index (χ2n) is 20.4. The van der Waals surface area contributed by atoms with Crippen LogP contribution in [-0.2, 0) is 5.41 Å². The van der Waals surface area contributed by atoms with Crippen molar-refractivity contribution in [2.24, 2.45) is 0 Å². The van der Waals surface area contributed by atoms with Gasteiger partial charge in [-0.15, -0.1) is 0 Å². The largest absolute Gasteiger partial charge is 0.310 e. The Labute approximate surface area is 448 Å². The lowest BCUT2D eigenvalue weighted by Crippen LogP contribution is -2.28. The molecule has 0 aliphatic heterocycles. The maximum absolute atomic E-state index is 2.44. The van der Waals surface area contributed by atoms with Crippen LogP contribution in [0.2, 0.25) is 0 Å². The predicted molar refractivity (Wildman–Crippen MR) is 324 cm³/mol. The lowest BCUT2D eigenvalue weighted by atomic mass is 9.68. The Morgan fingerprint density at radius 2 is 0.753 bits per heavy atom. The molecule has 0 amide bonds. The van der Waals surface area contributed by atoms with Gasteiger partial charge in [0.05, 0.1) is 16.4 Å². The number of hydrogen-bond donors (Lipinski definition) is 0. The van der Waals surface area contributed by atoms with Crippen LogP contribution in [0, 0.1) is 0 Å². The first-order valence-electron chi connectivity index (χ1n) is 26.7. The molecule has 0 saturated heterocycles. The van der Waals surface area contributed by atoms with Gasteiger partial charge in [-0.1, -0.05) is 237 Å². The molecular formula is C75H50N2. The Kier molecular flexibility index (Phi) is 10.5. The van der Waals surface area contributed by atoms with E-state index < -0.39 is 5.41 Å². The topological polar surface area (TPSA) is 8.17 Å². The van der Waals surface area contributed by atoms with Crippen molar-refractivity contribution in [2.75, 3.05) is 4.90 Å². The Morgan fingerprint density at radius 1 is 0.273 bits per heavy atom. The third-order valence-electron chi connectivity index (χ3n) is 16.2. The SMILES string of the molecule is c1ccc(-c2cccc3cccc(-c4ccc(N(c5ccc6c(c5)-c5ccccc5C6(c5ccccc5)c5ccccc5)c5ccc6cc(-c7ccc(-n8c9ccccc9c9ccccc98)cc7)ccc6c5)cc4)c23)cc1.